The lowest BCUT2D eigenvalue weighted by Crippen LogP contribution is -2.41. The van der Waals surface area contributed by atoms with Crippen molar-refractivity contribution >= 4 is 5.91 Å². The van der Waals surface area contributed by atoms with Crippen molar-refractivity contribution in [3.63, 3.8) is 0 Å². The van der Waals surface area contributed by atoms with Gasteiger partial charge in [0.15, 0.2) is 0 Å². The number of benzene rings is 1. The van der Waals surface area contributed by atoms with Crippen LogP contribution in [-0.4, -0.2) is 38.2 Å². The molecule has 1 aromatic heterocycles. The number of fused-ring (bicyclic) bond motifs is 1. The van der Waals surface area contributed by atoms with Crippen LogP contribution in [0.2, 0.25) is 0 Å². The Balaban J connectivity index is 1.66. The van der Waals surface area contributed by atoms with Crippen LogP contribution in [0.15, 0.2) is 29.1 Å². The van der Waals surface area contributed by atoms with Gasteiger partial charge >= 0.3 is 5.69 Å². The Labute approximate surface area is 147 Å². The second-order valence-electron chi connectivity index (χ2n) is 7.09. The minimum atomic E-state index is -0.375. The highest BCUT2D eigenvalue weighted by Crippen LogP contribution is 2.25. The summed E-state index contributed by atoms with van der Waals surface area (Å²) < 4.78 is 3.18. The molecule has 2 aliphatic heterocycles. The molecule has 0 unspecified atom stereocenters. The van der Waals surface area contributed by atoms with Gasteiger partial charge in [0.05, 0.1) is 6.54 Å². The van der Waals surface area contributed by atoms with E-state index in [4.69, 9.17) is 0 Å². The van der Waals surface area contributed by atoms with E-state index in [0.717, 1.165) is 62.1 Å². The number of rotatable bonds is 3. The first-order valence-electron chi connectivity index (χ1n) is 9.16. The molecule has 0 bridgehead atoms. The van der Waals surface area contributed by atoms with E-state index < -0.39 is 0 Å². The SMILES string of the molecule is Cc1ccccc1Cn1nc2n(c1=O)[C@@H](C(=O)N1CCCC1)CCC2. The first kappa shape index (κ1) is 16.1. The molecule has 1 atom stereocenters. The van der Waals surface area contributed by atoms with E-state index in [2.05, 4.69) is 5.10 Å². The lowest BCUT2D eigenvalue weighted by atomic mass is 10.0. The summed E-state index contributed by atoms with van der Waals surface area (Å²) in [5.41, 5.74) is 2.07. The van der Waals surface area contributed by atoms with Crippen molar-refractivity contribution < 1.29 is 4.79 Å². The number of likely N-dealkylation sites (tertiary alicyclic amines) is 1. The molecule has 1 fully saturated rings. The third kappa shape index (κ3) is 2.90. The normalized spacial score (nSPS) is 19.9. The summed E-state index contributed by atoms with van der Waals surface area (Å²) in [7, 11) is 0. The number of hydrogen-bond acceptors (Lipinski definition) is 3. The van der Waals surface area contributed by atoms with Crippen LogP contribution in [0.1, 0.15) is 48.7 Å². The predicted octanol–water partition coefficient (Wildman–Crippen LogP) is 1.90. The van der Waals surface area contributed by atoms with Crippen molar-refractivity contribution in [2.24, 2.45) is 0 Å². The van der Waals surface area contributed by atoms with Gasteiger partial charge in [0.2, 0.25) is 5.91 Å². The zero-order valence-corrected chi connectivity index (χ0v) is 14.6. The van der Waals surface area contributed by atoms with Gasteiger partial charge in [-0.2, -0.15) is 5.10 Å². The van der Waals surface area contributed by atoms with Crippen LogP contribution in [0.25, 0.3) is 0 Å². The minimum Gasteiger partial charge on any atom is -0.341 e. The fourth-order valence-corrected chi connectivity index (χ4v) is 3.97. The molecule has 0 saturated carbocycles. The number of carbonyl (C=O) groups is 1. The molecule has 1 saturated heterocycles. The molecule has 1 aromatic carbocycles. The average Bonchev–Trinajstić information content (AvgIpc) is 3.25. The Kier molecular flexibility index (Phi) is 4.19. The van der Waals surface area contributed by atoms with Crippen LogP contribution >= 0.6 is 0 Å². The summed E-state index contributed by atoms with van der Waals surface area (Å²) in [6.45, 7) is 4.12. The van der Waals surface area contributed by atoms with Gasteiger partial charge < -0.3 is 4.90 Å². The molecule has 25 heavy (non-hydrogen) atoms. The number of aryl methyl sites for hydroxylation is 2. The highest BCUT2D eigenvalue weighted by Gasteiger charge is 2.34. The maximum atomic E-state index is 13.0. The number of hydrogen-bond donors (Lipinski definition) is 0. The third-order valence-electron chi connectivity index (χ3n) is 5.41. The maximum absolute atomic E-state index is 13.0. The Bertz CT molecular complexity index is 845. The fourth-order valence-electron chi connectivity index (χ4n) is 3.97. The highest BCUT2D eigenvalue weighted by atomic mass is 16.2. The van der Waals surface area contributed by atoms with E-state index in [1.807, 2.05) is 36.1 Å². The zero-order valence-electron chi connectivity index (χ0n) is 14.6. The fraction of sp³-hybridized carbons (Fsp3) is 0.526. The second-order valence-corrected chi connectivity index (χ2v) is 7.09. The van der Waals surface area contributed by atoms with E-state index in [1.165, 1.54) is 4.68 Å². The first-order valence-corrected chi connectivity index (χ1v) is 9.16. The number of aromatic nitrogens is 3. The smallest absolute Gasteiger partial charge is 0.341 e. The van der Waals surface area contributed by atoms with Gasteiger partial charge in [-0.1, -0.05) is 24.3 Å². The maximum Gasteiger partial charge on any atom is 0.346 e. The van der Waals surface area contributed by atoms with Gasteiger partial charge in [0.25, 0.3) is 0 Å². The van der Waals surface area contributed by atoms with Gasteiger partial charge in [-0.3, -0.25) is 9.36 Å². The Morgan fingerprint density at radius 1 is 1.20 bits per heavy atom. The molecule has 0 aliphatic carbocycles. The number of carbonyl (C=O) groups excluding carboxylic acids is 1. The van der Waals surface area contributed by atoms with E-state index in [-0.39, 0.29) is 17.6 Å². The van der Waals surface area contributed by atoms with E-state index >= 15 is 0 Å². The van der Waals surface area contributed by atoms with Crippen LogP contribution in [0, 0.1) is 6.92 Å². The molecule has 132 valence electrons. The summed E-state index contributed by atoms with van der Waals surface area (Å²) in [6, 6.07) is 7.65. The lowest BCUT2D eigenvalue weighted by molar-refractivity contribution is -0.134. The molecule has 6 heteroatoms. The summed E-state index contributed by atoms with van der Waals surface area (Å²) in [4.78, 5) is 27.7. The molecular weight excluding hydrogens is 316 g/mol. The molecule has 2 aliphatic rings. The molecular formula is C19H24N4O2. The monoisotopic (exact) mass is 340 g/mol. The Morgan fingerprint density at radius 3 is 2.72 bits per heavy atom. The Morgan fingerprint density at radius 2 is 1.96 bits per heavy atom. The zero-order chi connectivity index (χ0) is 17.4. The summed E-state index contributed by atoms with van der Waals surface area (Å²) in [5.74, 6) is 0.846. The van der Waals surface area contributed by atoms with Crippen LogP contribution in [0.3, 0.4) is 0 Å². The van der Waals surface area contributed by atoms with Gasteiger partial charge in [-0.05, 0) is 43.7 Å². The number of nitrogens with zero attached hydrogens (tertiary/aromatic N) is 4. The molecule has 3 heterocycles. The van der Waals surface area contributed by atoms with Crippen molar-refractivity contribution in [3.8, 4) is 0 Å². The van der Waals surface area contributed by atoms with Crippen LogP contribution < -0.4 is 5.69 Å². The van der Waals surface area contributed by atoms with E-state index in [1.54, 1.807) is 4.57 Å². The summed E-state index contributed by atoms with van der Waals surface area (Å²) in [5, 5.41) is 4.54. The van der Waals surface area contributed by atoms with Crippen LogP contribution in [0.4, 0.5) is 0 Å². The quantitative estimate of drug-likeness (QED) is 0.857. The summed E-state index contributed by atoms with van der Waals surface area (Å²) >= 11 is 0. The third-order valence-corrected chi connectivity index (χ3v) is 5.41. The van der Waals surface area contributed by atoms with Crippen molar-refractivity contribution in [2.75, 3.05) is 13.1 Å². The van der Waals surface area contributed by atoms with Crippen LogP contribution in [-0.2, 0) is 17.8 Å². The molecule has 0 spiro atoms. The van der Waals surface area contributed by atoms with Crippen molar-refractivity contribution in [2.45, 2.75) is 51.6 Å². The molecule has 0 N–H and O–H groups in total. The molecule has 0 radical (unpaired) electrons. The van der Waals surface area contributed by atoms with Gasteiger partial charge in [0, 0.05) is 19.5 Å². The van der Waals surface area contributed by atoms with E-state index in [0.29, 0.717) is 6.54 Å². The lowest BCUT2D eigenvalue weighted by Gasteiger charge is -2.27. The minimum absolute atomic E-state index is 0.0935. The largest absolute Gasteiger partial charge is 0.346 e. The topological polar surface area (TPSA) is 60.1 Å². The van der Waals surface area contributed by atoms with Crippen molar-refractivity contribution in [1.82, 2.24) is 19.2 Å². The molecule has 2 aromatic rings. The van der Waals surface area contributed by atoms with E-state index in [9.17, 15) is 9.59 Å². The number of amides is 1. The highest BCUT2D eigenvalue weighted by molar-refractivity contribution is 5.80. The average molecular weight is 340 g/mol. The second kappa shape index (κ2) is 6.50. The van der Waals surface area contributed by atoms with Crippen molar-refractivity contribution in [1.29, 1.82) is 0 Å². The molecule has 6 nitrogen and oxygen atoms in total. The van der Waals surface area contributed by atoms with Gasteiger partial charge in [-0.25, -0.2) is 9.48 Å². The molecule has 1 amide bonds. The van der Waals surface area contributed by atoms with Crippen molar-refractivity contribution in [3.05, 3.63) is 51.7 Å². The summed E-state index contributed by atoms with van der Waals surface area (Å²) in [6.07, 6.45) is 4.53. The first-order chi connectivity index (χ1) is 12.1. The standard InChI is InChI=1S/C19H24N4O2/c1-14-7-2-3-8-15(14)13-22-19(25)23-16(9-6-10-17(23)20-22)18(24)21-11-4-5-12-21/h2-3,7-8,16H,4-6,9-13H2,1H3/t16-/m1/s1. The van der Waals surface area contributed by atoms with Crippen LogP contribution in [0.5, 0.6) is 0 Å². The van der Waals surface area contributed by atoms with Gasteiger partial charge in [0.1, 0.15) is 11.9 Å². The molecule has 4 rings (SSSR count). The van der Waals surface area contributed by atoms with Gasteiger partial charge in [-0.15, -0.1) is 0 Å². The predicted molar refractivity (Wildman–Crippen MR) is 94.6 cm³/mol. The Hall–Kier alpha value is -2.37.